The standard InChI is InChI=1S/C26H41N5O6/c1-5-15(3)21(28)24(34)30-19(14-17-10-8-7-9-11-17)23(33)31-22(16(4)6-2)25(35)29-18(26(36)37)12-13-20(27)32/h7-11,15-16,18-19,21-22H,5-6,12-14,28H2,1-4H3,(H2,27,32)(H,29,35)(H,30,34)(H,31,33)(H,36,37). The van der Waals surface area contributed by atoms with Gasteiger partial charge in [0.2, 0.25) is 23.6 Å². The first-order valence-corrected chi connectivity index (χ1v) is 12.6. The quantitative estimate of drug-likeness (QED) is 0.182. The van der Waals surface area contributed by atoms with E-state index in [-0.39, 0.29) is 31.1 Å². The van der Waals surface area contributed by atoms with E-state index in [0.717, 1.165) is 5.56 Å². The van der Waals surface area contributed by atoms with Gasteiger partial charge in [0.1, 0.15) is 18.1 Å². The molecule has 1 aromatic carbocycles. The van der Waals surface area contributed by atoms with E-state index in [4.69, 9.17) is 11.5 Å². The highest BCUT2D eigenvalue weighted by atomic mass is 16.4. The van der Waals surface area contributed by atoms with E-state index in [1.807, 2.05) is 51.1 Å². The third-order valence-electron chi connectivity index (χ3n) is 6.56. The average molecular weight is 520 g/mol. The van der Waals surface area contributed by atoms with Gasteiger partial charge >= 0.3 is 5.97 Å². The van der Waals surface area contributed by atoms with Crippen LogP contribution in [0, 0.1) is 11.8 Å². The summed E-state index contributed by atoms with van der Waals surface area (Å²) in [5.74, 6) is -4.26. The fraction of sp³-hybridized carbons (Fsp3) is 0.577. The molecule has 8 N–H and O–H groups in total. The van der Waals surface area contributed by atoms with Gasteiger partial charge in [0.05, 0.1) is 6.04 Å². The summed E-state index contributed by atoms with van der Waals surface area (Å²) in [6.45, 7) is 7.33. The molecule has 0 heterocycles. The van der Waals surface area contributed by atoms with Gasteiger partial charge in [0.15, 0.2) is 0 Å². The maximum absolute atomic E-state index is 13.4. The van der Waals surface area contributed by atoms with E-state index in [9.17, 15) is 29.1 Å². The van der Waals surface area contributed by atoms with Crippen LogP contribution in [0.4, 0.5) is 0 Å². The monoisotopic (exact) mass is 519 g/mol. The van der Waals surface area contributed by atoms with Gasteiger partial charge in [-0.05, 0) is 23.8 Å². The van der Waals surface area contributed by atoms with Gasteiger partial charge < -0.3 is 32.5 Å². The first kappa shape index (κ1) is 31.6. The first-order chi connectivity index (χ1) is 17.4. The second kappa shape index (κ2) is 15.6. The van der Waals surface area contributed by atoms with Crippen molar-refractivity contribution in [1.82, 2.24) is 16.0 Å². The fourth-order valence-corrected chi connectivity index (χ4v) is 3.60. The molecule has 0 radical (unpaired) electrons. The summed E-state index contributed by atoms with van der Waals surface area (Å²) in [5.41, 5.74) is 12.0. The molecule has 0 aliphatic carbocycles. The van der Waals surface area contributed by atoms with Gasteiger partial charge in [-0.3, -0.25) is 19.2 Å². The van der Waals surface area contributed by atoms with Crippen molar-refractivity contribution in [3.63, 3.8) is 0 Å². The van der Waals surface area contributed by atoms with Crippen molar-refractivity contribution in [3.8, 4) is 0 Å². The molecule has 0 bridgehead atoms. The molecule has 0 aliphatic rings. The number of nitrogens with one attached hydrogen (secondary N) is 3. The lowest BCUT2D eigenvalue weighted by molar-refractivity contribution is -0.143. The van der Waals surface area contributed by atoms with Crippen LogP contribution in [-0.4, -0.2) is 58.9 Å². The van der Waals surface area contributed by atoms with Crippen molar-refractivity contribution in [2.75, 3.05) is 0 Å². The highest BCUT2D eigenvalue weighted by Gasteiger charge is 2.33. The Labute approximate surface area is 218 Å². The van der Waals surface area contributed by atoms with Crippen molar-refractivity contribution >= 4 is 29.6 Å². The zero-order valence-corrected chi connectivity index (χ0v) is 22.0. The summed E-state index contributed by atoms with van der Waals surface area (Å²) in [6, 6.07) is 4.82. The van der Waals surface area contributed by atoms with E-state index in [2.05, 4.69) is 16.0 Å². The van der Waals surface area contributed by atoms with Gasteiger partial charge in [-0.2, -0.15) is 0 Å². The lowest BCUT2D eigenvalue weighted by atomic mass is 9.96. The smallest absolute Gasteiger partial charge is 0.326 e. The molecule has 0 fully saturated rings. The lowest BCUT2D eigenvalue weighted by Gasteiger charge is -2.28. The Morgan fingerprint density at radius 3 is 1.92 bits per heavy atom. The molecular weight excluding hydrogens is 478 g/mol. The number of aliphatic carboxylic acids is 1. The SMILES string of the molecule is CCC(C)C(N)C(=O)NC(Cc1ccccc1)C(=O)NC(C(=O)NC(CCC(N)=O)C(=O)O)C(C)CC. The molecule has 0 aliphatic heterocycles. The maximum Gasteiger partial charge on any atom is 0.326 e. The van der Waals surface area contributed by atoms with Crippen LogP contribution in [0.25, 0.3) is 0 Å². The number of rotatable bonds is 16. The predicted octanol–water partition coefficient (Wildman–Crippen LogP) is 0.453. The summed E-state index contributed by atoms with van der Waals surface area (Å²) >= 11 is 0. The number of primary amides is 1. The molecule has 1 rings (SSSR count). The highest BCUT2D eigenvalue weighted by molar-refractivity contribution is 5.94. The van der Waals surface area contributed by atoms with Gasteiger partial charge in [-0.25, -0.2) is 4.79 Å². The van der Waals surface area contributed by atoms with E-state index >= 15 is 0 Å². The Morgan fingerprint density at radius 1 is 0.838 bits per heavy atom. The van der Waals surface area contributed by atoms with Crippen molar-refractivity contribution in [2.45, 2.75) is 84.0 Å². The minimum atomic E-state index is -1.35. The van der Waals surface area contributed by atoms with E-state index < -0.39 is 53.8 Å². The molecule has 0 spiro atoms. The van der Waals surface area contributed by atoms with Crippen LogP contribution in [0.1, 0.15) is 58.9 Å². The van der Waals surface area contributed by atoms with Gasteiger partial charge in [0, 0.05) is 12.8 Å². The molecule has 11 nitrogen and oxygen atoms in total. The third kappa shape index (κ3) is 10.6. The predicted molar refractivity (Wildman–Crippen MR) is 139 cm³/mol. The average Bonchev–Trinajstić information content (AvgIpc) is 2.87. The number of carboxylic acids is 1. The van der Waals surface area contributed by atoms with Gasteiger partial charge in [-0.15, -0.1) is 0 Å². The molecule has 0 saturated carbocycles. The van der Waals surface area contributed by atoms with E-state index in [1.165, 1.54) is 0 Å². The number of carbonyl (C=O) groups is 5. The first-order valence-electron chi connectivity index (χ1n) is 12.6. The molecule has 206 valence electrons. The van der Waals surface area contributed by atoms with Crippen LogP contribution in [-0.2, 0) is 30.4 Å². The number of nitrogens with two attached hydrogens (primary N) is 2. The largest absolute Gasteiger partial charge is 0.480 e. The Hall–Kier alpha value is -3.47. The molecular formula is C26H41N5O6. The summed E-state index contributed by atoms with van der Waals surface area (Å²) < 4.78 is 0. The second-order valence-electron chi connectivity index (χ2n) is 9.44. The molecule has 6 atom stereocenters. The Bertz CT molecular complexity index is 925. The van der Waals surface area contributed by atoms with Gasteiger partial charge in [0.25, 0.3) is 0 Å². The fourth-order valence-electron chi connectivity index (χ4n) is 3.60. The van der Waals surface area contributed by atoms with E-state index in [0.29, 0.717) is 12.8 Å². The third-order valence-corrected chi connectivity index (χ3v) is 6.56. The van der Waals surface area contributed by atoms with Crippen LogP contribution in [0.3, 0.4) is 0 Å². The van der Waals surface area contributed by atoms with Crippen LogP contribution >= 0.6 is 0 Å². The van der Waals surface area contributed by atoms with Crippen LogP contribution in [0.5, 0.6) is 0 Å². The maximum atomic E-state index is 13.4. The van der Waals surface area contributed by atoms with Crippen LogP contribution < -0.4 is 27.4 Å². The topological polar surface area (TPSA) is 194 Å². The molecule has 4 amide bonds. The minimum absolute atomic E-state index is 0.104. The Kier molecular flexibility index (Phi) is 13.3. The van der Waals surface area contributed by atoms with Crippen molar-refractivity contribution < 1.29 is 29.1 Å². The highest BCUT2D eigenvalue weighted by Crippen LogP contribution is 2.12. The van der Waals surface area contributed by atoms with Crippen molar-refractivity contribution in [1.29, 1.82) is 0 Å². The zero-order valence-electron chi connectivity index (χ0n) is 22.0. The molecule has 6 unspecified atom stereocenters. The second-order valence-corrected chi connectivity index (χ2v) is 9.44. The molecule has 37 heavy (non-hydrogen) atoms. The van der Waals surface area contributed by atoms with Crippen LogP contribution in [0.2, 0.25) is 0 Å². The lowest BCUT2D eigenvalue weighted by Crippen LogP contribution is -2.59. The summed E-state index contributed by atoms with van der Waals surface area (Å²) in [4.78, 5) is 61.9. The minimum Gasteiger partial charge on any atom is -0.480 e. The molecule has 11 heteroatoms. The number of benzene rings is 1. The number of hydrogen-bond donors (Lipinski definition) is 6. The number of amides is 4. The normalized spacial score (nSPS) is 15.8. The molecule has 1 aromatic rings. The molecule has 0 saturated heterocycles. The zero-order chi connectivity index (χ0) is 28.1. The van der Waals surface area contributed by atoms with Crippen molar-refractivity contribution in [3.05, 3.63) is 35.9 Å². The summed E-state index contributed by atoms with van der Waals surface area (Å²) in [7, 11) is 0. The van der Waals surface area contributed by atoms with E-state index in [1.54, 1.807) is 6.92 Å². The summed E-state index contributed by atoms with van der Waals surface area (Å²) in [5, 5.41) is 17.3. The molecule has 0 aromatic heterocycles. The van der Waals surface area contributed by atoms with Crippen LogP contribution in [0.15, 0.2) is 30.3 Å². The summed E-state index contributed by atoms with van der Waals surface area (Å²) in [6.07, 6.45) is 0.945. The number of carboxylic acid groups (broad SMARTS) is 1. The number of carbonyl (C=O) groups excluding carboxylic acids is 4. The van der Waals surface area contributed by atoms with Crippen molar-refractivity contribution in [2.24, 2.45) is 23.3 Å². The van der Waals surface area contributed by atoms with Gasteiger partial charge in [-0.1, -0.05) is 70.9 Å². The number of hydrogen-bond acceptors (Lipinski definition) is 6. The Balaban J connectivity index is 3.14. The Morgan fingerprint density at radius 2 is 1.41 bits per heavy atom.